The fourth-order valence-electron chi connectivity index (χ4n) is 4.21. The third-order valence-corrected chi connectivity index (χ3v) is 5.67. The van der Waals surface area contributed by atoms with Crippen LogP contribution in [0.25, 0.3) is 0 Å². The number of carbonyl (C=O) groups is 2. The van der Waals surface area contributed by atoms with Gasteiger partial charge in [-0.3, -0.25) is 9.59 Å². The second kappa shape index (κ2) is 7.26. The van der Waals surface area contributed by atoms with Gasteiger partial charge in [0, 0.05) is 18.0 Å². The van der Waals surface area contributed by atoms with E-state index in [-0.39, 0.29) is 24.8 Å². The highest BCUT2D eigenvalue weighted by atomic mass is 16.5. The van der Waals surface area contributed by atoms with Crippen LogP contribution in [-0.4, -0.2) is 28.4 Å². The molecule has 2 aliphatic rings. The van der Waals surface area contributed by atoms with Gasteiger partial charge in [0.2, 0.25) is 11.8 Å². The largest absolute Gasteiger partial charge is 0.493 e. The molecule has 0 bridgehead atoms. The van der Waals surface area contributed by atoms with Gasteiger partial charge in [-0.15, -0.1) is 0 Å². The maximum Gasteiger partial charge on any atom is 0.237 e. The first-order chi connectivity index (χ1) is 14.6. The van der Waals surface area contributed by atoms with Crippen molar-refractivity contribution in [3.05, 3.63) is 77.6 Å². The predicted octanol–water partition coefficient (Wildman–Crippen LogP) is 2.87. The third-order valence-electron chi connectivity index (χ3n) is 5.67. The maximum atomic E-state index is 12.8. The minimum atomic E-state index is -0.639. The molecule has 3 aromatic rings. The number of rotatable bonds is 5. The number of ether oxygens (including phenoxy) is 1. The van der Waals surface area contributed by atoms with Crippen LogP contribution in [0.1, 0.15) is 23.1 Å². The lowest BCUT2D eigenvalue weighted by molar-refractivity contribution is -0.120. The van der Waals surface area contributed by atoms with Crippen molar-refractivity contribution < 1.29 is 14.3 Å². The zero-order valence-corrected chi connectivity index (χ0v) is 16.2. The molecular formula is C23H20N4O3. The third kappa shape index (κ3) is 3.18. The number of anilines is 2. The number of nitrogens with zero attached hydrogens (tertiary/aromatic N) is 2. The fraction of sp³-hybridized carbons (Fsp3) is 0.217. The quantitative estimate of drug-likeness (QED) is 0.687. The Bertz CT molecular complexity index is 1130. The van der Waals surface area contributed by atoms with E-state index in [1.807, 2.05) is 48.5 Å². The Morgan fingerprint density at radius 2 is 1.93 bits per heavy atom. The number of pyridine rings is 2. The number of hydrogen-bond donors (Lipinski definition) is 2. The molecule has 1 aliphatic carbocycles. The molecule has 2 amide bonds. The van der Waals surface area contributed by atoms with E-state index >= 15 is 0 Å². The molecule has 2 aromatic heterocycles. The monoisotopic (exact) mass is 400 g/mol. The van der Waals surface area contributed by atoms with Crippen LogP contribution < -0.4 is 15.4 Å². The lowest BCUT2D eigenvalue weighted by atomic mass is 9.79. The first-order valence-corrected chi connectivity index (χ1v) is 9.86. The Labute approximate surface area is 173 Å². The van der Waals surface area contributed by atoms with Gasteiger partial charge in [0.15, 0.2) is 0 Å². The molecule has 30 heavy (non-hydrogen) atoms. The minimum absolute atomic E-state index is 0.0314. The average Bonchev–Trinajstić information content (AvgIpc) is 3.26. The molecule has 1 aliphatic heterocycles. The standard InChI is InChI=1S/C23H20N4O3/c28-20(8-10-30-17-5-2-1-3-6-17)26-19-11-15-12-23(13-16(15)14-25-19)18-7-4-9-24-21(18)27-22(23)29/h1-7,9,11,14H,8,10,12-13H2,(H,24,27,29)(H,25,26,28). The molecule has 1 aromatic carbocycles. The van der Waals surface area contributed by atoms with E-state index in [0.29, 0.717) is 24.5 Å². The lowest BCUT2D eigenvalue weighted by Gasteiger charge is -2.20. The van der Waals surface area contributed by atoms with Crippen LogP contribution in [0.15, 0.2) is 60.9 Å². The molecule has 0 saturated heterocycles. The summed E-state index contributed by atoms with van der Waals surface area (Å²) < 4.78 is 5.57. The smallest absolute Gasteiger partial charge is 0.237 e. The number of nitrogens with one attached hydrogen (secondary N) is 2. The highest BCUT2D eigenvalue weighted by Gasteiger charge is 2.51. The fourth-order valence-corrected chi connectivity index (χ4v) is 4.21. The topological polar surface area (TPSA) is 93.2 Å². The van der Waals surface area contributed by atoms with Gasteiger partial charge in [-0.1, -0.05) is 24.3 Å². The number of fused-ring (bicyclic) bond motifs is 3. The number of hydrogen-bond acceptors (Lipinski definition) is 5. The first-order valence-electron chi connectivity index (χ1n) is 9.86. The van der Waals surface area contributed by atoms with Gasteiger partial charge in [0.1, 0.15) is 17.4 Å². The van der Waals surface area contributed by atoms with E-state index in [2.05, 4.69) is 20.6 Å². The lowest BCUT2D eigenvalue weighted by Crippen LogP contribution is -2.35. The molecule has 0 saturated carbocycles. The second-order valence-corrected chi connectivity index (χ2v) is 7.59. The Balaban J connectivity index is 1.25. The Morgan fingerprint density at radius 1 is 1.10 bits per heavy atom. The highest BCUT2D eigenvalue weighted by molar-refractivity contribution is 6.06. The summed E-state index contributed by atoms with van der Waals surface area (Å²) in [5.74, 6) is 1.65. The van der Waals surface area contributed by atoms with Gasteiger partial charge in [-0.25, -0.2) is 9.97 Å². The normalized spacial score (nSPS) is 18.6. The van der Waals surface area contributed by atoms with Crippen molar-refractivity contribution in [1.29, 1.82) is 0 Å². The van der Waals surface area contributed by atoms with Crippen molar-refractivity contribution in [3.8, 4) is 5.75 Å². The molecule has 1 unspecified atom stereocenters. The summed E-state index contributed by atoms with van der Waals surface area (Å²) in [5.41, 5.74) is 2.33. The summed E-state index contributed by atoms with van der Waals surface area (Å²) in [4.78, 5) is 33.7. The van der Waals surface area contributed by atoms with Crippen molar-refractivity contribution in [1.82, 2.24) is 9.97 Å². The molecule has 0 radical (unpaired) electrons. The Kier molecular flexibility index (Phi) is 4.43. The first kappa shape index (κ1) is 18.3. The summed E-state index contributed by atoms with van der Waals surface area (Å²) >= 11 is 0. The van der Waals surface area contributed by atoms with Crippen LogP contribution in [0, 0.1) is 0 Å². The summed E-state index contributed by atoms with van der Waals surface area (Å²) in [6.07, 6.45) is 4.80. The molecular weight excluding hydrogens is 380 g/mol. The summed E-state index contributed by atoms with van der Waals surface area (Å²) in [6.45, 7) is 0.286. The van der Waals surface area contributed by atoms with Gasteiger partial charge in [-0.2, -0.15) is 0 Å². The van der Waals surface area contributed by atoms with Gasteiger partial charge in [0.25, 0.3) is 0 Å². The zero-order valence-electron chi connectivity index (χ0n) is 16.2. The van der Waals surface area contributed by atoms with Gasteiger partial charge in [-0.05, 0) is 48.2 Å². The van der Waals surface area contributed by atoms with E-state index in [0.717, 1.165) is 22.4 Å². The van der Waals surface area contributed by atoms with Crippen LogP contribution in [0.5, 0.6) is 5.75 Å². The van der Waals surface area contributed by atoms with E-state index in [1.165, 1.54) is 0 Å². The SMILES string of the molecule is O=C(CCOc1ccccc1)Nc1cc2c(cn1)CC1(C2)C(=O)Nc2ncccc21. The van der Waals surface area contributed by atoms with E-state index < -0.39 is 5.41 Å². The molecule has 7 nitrogen and oxygen atoms in total. The van der Waals surface area contributed by atoms with E-state index in [1.54, 1.807) is 12.4 Å². The minimum Gasteiger partial charge on any atom is -0.493 e. The number of aromatic nitrogens is 2. The van der Waals surface area contributed by atoms with Crippen LogP contribution in [0.2, 0.25) is 0 Å². The molecule has 5 rings (SSSR count). The Hall–Kier alpha value is -3.74. The summed E-state index contributed by atoms with van der Waals surface area (Å²) in [6, 6.07) is 15.0. The molecule has 150 valence electrons. The van der Waals surface area contributed by atoms with Crippen molar-refractivity contribution >= 4 is 23.5 Å². The average molecular weight is 400 g/mol. The van der Waals surface area contributed by atoms with Crippen molar-refractivity contribution in [2.75, 3.05) is 17.2 Å². The Morgan fingerprint density at radius 3 is 2.80 bits per heavy atom. The van der Waals surface area contributed by atoms with Gasteiger partial charge >= 0.3 is 0 Å². The molecule has 2 N–H and O–H groups in total. The molecule has 1 atom stereocenters. The van der Waals surface area contributed by atoms with Crippen molar-refractivity contribution in [3.63, 3.8) is 0 Å². The van der Waals surface area contributed by atoms with Gasteiger partial charge < -0.3 is 15.4 Å². The van der Waals surface area contributed by atoms with E-state index in [9.17, 15) is 9.59 Å². The molecule has 0 fully saturated rings. The predicted molar refractivity (Wildman–Crippen MR) is 111 cm³/mol. The number of amides is 2. The number of para-hydroxylation sites is 1. The maximum absolute atomic E-state index is 12.8. The molecule has 1 spiro atoms. The summed E-state index contributed by atoms with van der Waals surface area (Å²) in [7, 11) is 0. The van der Waals surface area contributed by atoms with Gasteiger partial charge in [0.05, 0.1) is 18.4 Å². The van der Waals surface area contributed by atoms with E-state index in [4.69, 9.17) is 4.74 Å². The highest BCUT2D eigenvalue weighted by Crippen LogP contribution is 2.46. The van der Waals surface area contributed by atoms with Crippen molar-refractivity contribution in [2.45, 2.75) is 24.7 Å². The zero-order chi connectivity index (χ0) is 20.6. The molecule has 3 heterocycles. The van der Waals surface area contributed by atoms with Crippen LogP contribution in [-0.2, 0) is 27.8 Å². The summed E-state index contributed by atoms with van der Waals surface area (Å²) in [5, 5.41) is 5.72. The second-order valence-electron chi connectivity index (χ2n) is 7.59. The molecule has 7 heteroatoms. The number of carbonyl (C=O) groups excluding carboxylic acids is 2. The van der Waals surface area contributed by atoms with Crippen LogP contribution in [0.4, 0.5) is 11.6 Å². The van der Waals surface area contributed by atoms with Crippen LogP contribution >= 0.6 is 0 Å². The number of benzene rings is 1. The van der Waals surface area contributed by atoms with Crippen LogP contribution in [0.3, 0.4) is 0 Å². The van der Waals surface area contributed by atoms with Crippen molar-refractivity contribution in [2.24, 2.45) is 0 Å².